The van der Waals surface area contributed by atoms with Crippen molar-refractivity contribution in [2.45, 2.75) is 19.7 Å². The Morgan fingerprint density at radius 3 is 2.20 bits per heavy atom. The first-order chi connectivity index (χ1) is 15.0. The minimum atomic E-state index is -0.698. The third-order valence-electron chi connectivity index (χ3n) is 5.23. The molecule has 0 amide bonds. The van der Waals surface area contributed by atoms with Crippen molar-refractivity contribution in [3.05, 3.63) is 96.7 Å². The van der Waals surface area contributed by atoms with Crippen LogP contribution in [0.3, 0.4) is 0 Å². The van der Waals surface area contributed by atoms with Gasteiger partial charge in [0.1, 0.15) is 5.52 Å². The molecule has 30 heavy (non-hydrogen) atoms. The zero-order chi connectivity index (χ0) is 21.4. The topological polar surface area (TPSA) is 38.9 Å². The van der Waals surface area contributed by atoms with Crippen LogP contribution in [0.5, 0.6) is 0 Å². The first-order valence-electron chi connectivity index (χ1n) is 10.5. The van der Waals surface area contributed by atoms with Gasteiger partial charge in [-0.25, -0.2) is 4.98 Å². The highest BCUT2D eigenvalue weighted by Gasteiger charge is 2.16. The average Bonchev–Trinajstić information content (AvgIpc) is 3.23. The average molecular weight is 391 g/mol. The van der Waals surface area contributed by atoms with E-state index in [0.29, 0.717) is 11.5 Å². The van der Waals surface area contributed by atoms with E-state index in [1.165, 1.54) is 0 Å². The molecule has 0 atom stereocenters. The molecule has 0 saturated heterocycles. The number of hydrogen-bond acceptors (Lipinski definition) is 3. The highest BCUT2D eigenvalue weighted by Crippen LogP contribution is 2.36. The quantitative estimate of drug-likeness (QED) is 0.321. The van der Waals surface area contributed by atoms with Crippen LogP contribution in [0.25, 0.3) is 44.9 Å². The molecule has 146 valence electrons. The number of aromatic nitrogens is 2. The zero-order valence-corrected chi connectivity index (χ0v) is 17.0. The molecule has 0 aliphatic heterocycles. The molecule has 2 aromatic heterocycles. The summed E-state index contributed by atoms with van der Waals surface area (Å²) in [5, 5.41) is 0. The van der Waals surface area contributed by atoms with Crippen molar-refractivity contribution in [3.8, 4) is 33.8 Å². The predicted molar refractivity (Wildman–Crippen MR) is 122 cm³/mol. The molecule has 3 aromatic carbocycles. The number of hydrogen-bond donors (Lipinski definition) is 0. The second-order valence-corrected chi connectivity index (χ2v) is 7.55. The molecule has 3 heteroatoms. The van der Waals surface area contributed by atoms with E-state index in [1.807, 2.05) is 80.6 Å². The fourth-order valence-corrected chi connectivity index (χ4v) is 3.62. The van der Waals surface area contributed by atoms with Crippen molar-refractivity contribution in [1.29, 1.82) is 0 Å². The van der Waals surface area contributed by atoms with Crippen molar-refractivity contribution in [2.24, 2.45) is 0 Å². The standard InChI is InChI=1S/C27H22N2O/c1-18(2)21-13-14-28-24(16-21)22-15-23(19-9-5-3-6-10-19)26-25(17-22)30-27(29-26)20-11-7-4-8-12-20/h3-18H,1-2H3/i18D. The Balaban J connectivity index is 1.74. The molecule has 0 saturated carbocycles. The van der Waals surface area contributed by atoms with Crippen LogP contribution in [0.2, 0.25) is 0 Å². The summed E-state index contributed by atoms with van der Waals surface area (Å²) in [6.07, 6.45) is 1.77. The van der Waals surface area contributed by atoms with E-state index in [4.69, 9.17) is 10.8 Å². The van der Waals surface area contributed by atoms with Gasteiger partial charge >= 0.3 is 0 Å². The maximum absolute atomic E-state index is 8.38. The van der Waals surface area contributed by atoms with E-state index in [9.17, 15) is 0 Å². The highest BCUT2D eigenvalue weighted by atomic mass is 16.3. The second-order valence-electron chi connectivity index (χ2n) is 7.55. The van der Waals surface area contributed by atoms with Gasteiger partial charge in [-0.3, -0.25) is 4.98 Å². The number of oxazole rings is 1. The van der Waals surface area contributed by atoms with Gasteiger partial charge in [0.2, 0.25) is 5.89 Å². The van der Waals surface area contributed by atoms with E-state index in [0.717, 1.165) is 39.0 Å². The van der Waals surface area contributed by atoms with Gasteiger partial charge in [0, 0.05) is 24.3 Å². The molecule has 0 spiro atoms. The van der Waals surface area contributed by atoms with Gasteiger partial charge in [0.15, 0.2) is 5.58 Å². The largest absolute Gasteiger partial charge is 0.436 e. The van der Waals surface area contributed by atoms with Crippen molar-refractivity contribution in [2.75, 3.05) is 0 Å². The summed E-state index contributed by atoms with van der Waals surface area (Å²) < 4.78 is 14.6. The molecule has 0 aliphatic carbocycles. The summed E-state index contributed by atoms with van der Waals surface area (Å²) in [6, 6.07) is 28.1. The van der Waals surface area contributed by atoms with Crippen LogP contribution in [-0.2, 0) is 0 Å². The molecule has 0 aliphatic rings. The molecule has 3 nitrogen and oxygen atoms in total. The van der Waals surface area contributed by atoms with Gasteiger partial charge in [0.05, 0.1) is 5.69 Å². The van der Waals surface area contributed by atoms with Crippen LogP contribution in [0.4, 0.5) is 0 Å². The number of rotatable bonds is 4. The van der Waals surface area contributed by atoms with Gasteiger partial charge in [-0.15, -0.1) is 0 Å². The normalized spacial score (nSPS) is 12.1. The monoisotopic (exact) mass is 391 g/mol. The lowest BCUT2D eigenvalue weighted by Gasteiger charge is -2.09. The summed E-state index contributed by atoms with van der Waals surface area (Å²) in [5.41, 5.74) is 7.22. The Labute approximate surface area is 177 Å². The molecular weight excluding hydrogens is 368 g/mol. The zero-order valence-electron chi connectivity index (χ0n) is 18.0. The van der Waals surface area contributed by atoms with E-state index in [-0.39, 0.29) is 0 Å². The maximum Gasteiger partial charge on any atom is 0.227 e. The van der Waals surface area contributed by atoms with Crippen LogP contribution in [0.1, 0.15) is 26.7 Å². The van der Waals surface area contributed by atoms with E-state index >= 15 is 0 Å². The lowest BCUT2D eigenvalue weighted by molar-refractivity contribution is 0.620. The summed E-state index contributed by atoms with van der Waals surface area (Å²) >= 11 is 0. The van der Waals surface area contributed by atoms with E-state index in [2.05, 4.69) is 23.2 Å². The smallest absolute Gasteiger partial charge is 0.227 e. The predicted octanol–water partition coefficient (Wildman–Crippen LogP) is 7.35. The Kier molecular flexibility index (Phi) is 4.35. The molecule has 2 heterocycles. The van der Waals surface area contributed by atoms with Gasteiger partial charge in [-0.1, -0.05) is 62.4 Å². The molecule has 0 radical (unpaired) electrons. The van der Waals surface area contributed by atoms with Crippen LogP contribution in [0, 0.1) is 0 Å². The molecule has 5 aromatic rings. The summed E-state index contributed by atoms with van der Waals surface area (Å²) in [5.74, 6) is -0.101. The Hall–Kier alpha value is -3.72. The Bertz CT molecular complexity index is 1350. The highest BCUT2D eigenvalue weighted by molar-refractivity contribution is 5.95. The Morgan fingerprint density at radius 2 is 1.50 bits per heavy atom. The maximum atomic E-state index is 8.38. The second kappa shape index (κ2) is 7.60. The van der Waals surface area contributed by atoms with Crippen molar-refractivity contribution >= 4 is 11.1 Å². The number of fused-ring (bicyclic) bond motifs is 1. The van der Waals surface area contributed by atoms with Gasteiger partial charge in [0.25, 0.3) is 0 Å². The number of nitrogens with zero attached hydrogens (tertiary/aromatic N) is 2. The third kappa shape index (κ3) is 3.39. The fraction of sp³-hybridized carbons (Fsp3) is 0.111. The first-order valence-corrected chi connectivity index (χ1v) is 10.0. The number of benzene rings is 3. The lowest BCUT2D eigenvalue weighted by Crippen LogP contribution is -1.91. The molecule has 0 bridgehead atoms. The number of pyridine rings is 1. The molecule has 5 rings (SSSR count). The van der Waals surface area contributed by atoms with Crippen molar-refractivity contribution in [3.63, 3.8) is 0 Å². The SMILES string of the molecule is [2H]C(C)(C)c1ccnc(-c2cc(-c3ccccc3)c3nc(-c4ccccc4)oc3c2)c1. The van der Waals surface area contributed by atoms with Crippen LogP contribution < -0.4 is 0 Å². The van der Waals surface area contributed by atoms with Gasteiger partial charge in [-0.2, -0.15) is 0 Å². The molecule has 0 fully saturated rings. The molecule has 0 unspecified atom stereocenters. The van der Waals surface area contributed by atoms with Gasteiger partial charge < -0.3 is 4.42 Å². The summed E-state index contributed by atoms with van der Waals surface area (Å²) in [4.78, 5) is 9.42. The van der Waals surface area contributed by atoms with E-state index < -0.39 is 5.89 Å². The van der Waals surface area contributed by atoms with Crippen molar-refractivity contribution < 1.29 is 5.79 Å². The minimum absolute atomic E-state index is 0.596. The van der Waals surface area contributed by atoms with Crippen LogP contribution in [-0.4, -0.2) is 9.97 Å². The van der Waals surface area contributed by atoms with Crippen molar-refractivity contribution in [1.82, 2.24) is 9.97 Å². The fourth-order valence-electron chi connectivity index (χ4n) is 3.62. The van der Waals surface area contributed by atoms with E-state index in [1.54, 1.807) is 6.20 Å². The van der Waals surface area contributed by atoms with Gasteiger partial charge in [-0.05, 0) is 53.4 Å². The van der Waals surface area contributed by atoms with Crippen LogP contribution in [0.15, 0.2) is 95.5 Å². The third-order valence-corrected chi connectivity index (χ3v) is 5.23. The lowest BCUT2D eigenvalue weighted by atomic mass is 9.98. The van der Waals surface area contributed by atoms with Crippen LogP contribution >= 0.6 is 0 Å². The summed E-state index contributed by atoms with van der Waals surface area (Å²) in [6.45, 7) is 3.76. The summed E-state index contributed by atoms with van der Waals surface area (Å²) in [7, 11) is 0. The molecule has 0 N–H and O–H groups in total. The minimum Gasteiger partial charge on any atom is -0.436 e. The first kappa shape index (κ1) is 17.2. The Morgan fingerprint density at radius 1 is 0.800 bits per heavy atom. The molecular formula is C27H22N2O.